The van der Waals surface area contributed by atoms with Crippen molar-refractivity contribution in [3.05, 3.63) is 59.7 Å². The Kier molecular flexibility index (Phi) is 3.01. The zero-order valence-electron chi connectivity index (χ0n) is 9.09. The second kappa shape index (κ2) is 4.61. The summed E-state index contributed by atoms with van der Waals surface area (Å²) < 4.78 is 0. The second-order valence-electron chi connectivity index (χ2n) is 3.65. The van der Waals surface area contributed by atoms with Crippen molar-refractivity contribution in [2.45, 2.75) is 0 Å². The van der Waals surface area contributed by atoms with E-state index in [1.807, 2.05) is 18.2 Å². The van der Waals surface area contributed by atoms with Crippen LogP contribution >= 0.6 is 0 Å². The number of primary amides is 1. The van der Waals surface area contributed by atoms with Gasteiger partial charge in [-0.3, -0.25) is 9.59 Å². The number of hydrogen-bond donors (Lipinski definition) is 1. The highest BCUT2D eigenvalue weighted by Crippen LogP contribution is 2.22. The van der Waals surface area contributed by atoms with Crippen LogP contribution in [0.15, 0.2) is 48.5 Å². The monoisotopic (exact) mass is 225 g/mol. The van der Waals surface area contributed by atoms with E-state index in [2.05, 4.69) is 0 Å². The smallest absolute Gasteiger partial charge is 0.248 e. The first kappa shape index (κ1) is 11.1. The molecule has 0 spiro atoms. The third-order valence-corrected chi connectivity index (χ3v) is 2.57. The van der Waals surface area contributed by atoms with Gasteiger partial charge in [-0.1, -0.05) is 36.4 Å². The van der Waals surface area contributed by atoms with E-state index in [1.165, 1.54) is 0 Å². The lowest BCUT2D eigenvalue weighted by molar-refractivity contribution is 0.1000. The van der Waals surface area contributed by atoms with Crippen LogP contribution in [0.25, 0.3) is 11.1 Å². The molecule has 0 unspecified atom stereocenters. The van der Waals surface area contributed by atoms with Gasteiger partial charge in [-0.15, -0.1) is 0 Å². The number of nitrogens with two attached hydrogens (primary N) is 1. The highest BCUT2D eigenvalue weighted by Gasteiger charge is 2.04. The fourth-order valence-electron chi connectivity index (χ4n) is 1.68. The largest absolute Gasteiger partial charge is 0.366 e. The number of benzene rings is 2. The Bertz CT molecular complexity index is 559. The molecule has 0 radical (unpaired) electrons. The quantitative estimate of drug-likeness (QED) is 0.814. The molecule has 0 aliphatic rings. The molecule has 0 aromatic heterocycles. The van der Waals surface area contributed by atoms with Crippen LogP contribution in [0.3, 0.4) is 0 Å². The Labute approximate surface area is 98.9 Å². The lowest BCUT2D eigenvalue weighted by atomic mass is 9.99. The third-order valence-electron chi connectivity index (χ3n) is 2.57. The molecule has 2 N–H and O–H groups in total. The summed E-state index contributed by atoms with van der Waals surface area (Å²) in [6.45, 7) is 0. The summed E-state index contributed by atoms with van der Waals surface area (Å²) in [4.78, 5) is 21.8. The zero-order valence-corrected chi connectivity index (χ0v) is 9.09. The van der Waals surface area contributed by atoms with Crippen molar-refractivity contribution in [3.8, 4) is 11.1 Å². The summed E-state index contributed by atoms with van der Waals surface area (Å²) in [5, 5.41) is 0. The number of rotatable bonds is 3. The van der Waals surface area contributed by atoms with E-state index < -0.39 is 5.91 Å². The molecule has 17 heavy (non-hydrogen) atoms. The number of carbonyl (C=O) groups excluding carboxylic acids is 2. The first-order valence-corrected chi connectivity index (χ1v) is 5.17. The van der Waals surface area contributed by atoms with E-state index in [1.54, 1.807) is 30.3 Å². The average Bonchev–Trinajstić information content (AvgIpc) is 2.39. The van der Waals surface area contributed by atoms with Gasteiger partial charge in [0.2, 0.25) is 5.91 Å². The minimum atomic E-state index is -0.458. The minimum absolute atomic E-state index is 0.456. The van der Waals surface area contributed by atoms with Crippen molar-refractivity contribution < 1.29 is 9.59 Å². The molecule has 3 nitrogen and oxygen atoms in total. The van der Waals surface area contributed by atoms with Crippen LogP contribution in [0.4, 0.5) is 0 Å². The molecule has 2 aromatic carbocycles. The van der Waals surface area contributed by atoms with E-state index in [0.29, 0.717) is 11.1 Å². The molecule has 0 fully saturated rings. The van der Waals surface area contributed by atoms with Gasteiger partial charge in [0.05, 0.1) is 0 Å². The molecular formula is C14H11NO2. The predicted molar refractivity (Wildman–Crippen MR) is 65.8 cm³/mol. The summed E-state index contributed by atoms with van der Waals surface area (Å²) >= 11 is 0. The van der Waals surface area contributed by atoms with Gasteiger partial charge in [-0.25, -0.2) is 0 Å². The second-order valence-corrected chi connectivity index (χ2v) is 3.65. The Morgan fingerprint density at radius 1 is 1.00 bits per heavy atom. The van der Waals surface area contributed by atoms with Crippen molar-refractivity contribution in [3.63, 3.8) is 0 Å². The molecule has 2 aromatic rings. The van der Waals surface area contributed by atoms with Crippen molar-refractivity contribution in [1.29, 1.82) is 0 Å². The average molecular weight is 225 g/mol. The van der Waals surface area contributed by atoms with Gasteiger partial charge >= 0.3 is 0 Å². The number of carbonyl (C=O) groups is 2. The van der Waals surface area contributed by atoms with Crippen molar-refractivity contribution in [2.24, 2.45) is 5.73 Å². The minimum Gasteiger partial charge on any atom is -0.366 e. The molecule has 0 saturated carbocycles. The van der Waals surface area contributed by atoms with Crippen molar-refractivity contribution >= 4 is 12.2 Å². The Morgan fingerprint density at radius 3 is 2.24 bits per heavy atom. The molecule has 0 heterocycles. The molecular weight excluding hydrogens is 214 g/mol. The maximum Gasteiger partial charge on any atom is 0.248 e. The van der Waals surface area contributed by atoms with Gasteiger partial charge in [0.1, 0.15) is 0 Å². The van der Waals surface area contributed by atoms with E-state index in [-0.39, 0.29) is 0 Å². The van der Waals surface area contributed by atoms with Gasteiger partial charge in [-0.2, -0.15) is 0 Å². The van der Waals surface area contributed by atoms with Gasteiger partial charge in [0.25, 0.3) is 0 Å². The van der Waals surface area contributed by atoms with Gasteiger partial charge in [-0.05, 0) is 23.3 Å². The first-order chi connectivity index (χ1) is 8.22. The number of hydrogen-bond acceptors (Lipinski definition) is 2. The molecule has 0 bridgehead atoms. The lowest BCUT2D eigenvalue weighted by Gasteiger charge is -2.05. The Balaban J connectivity index is 2.46. The Morgan fingerprint density at radius 2 is 1.65 bits per heavy atom. The van der Waals surface area contributed by atoms with Crippen LogP contribution in [0.1, 0.15) is 20.7 Å². The van der Waals surface area contributed by atoms with Gasteiger partial charge in [0.15, 0.2) is 6.29 Å². The fourth-order valence-corrected chi connectivity index (χ4v) is 1.68. The third kappa shape index (κ3) is 2.23. The lowest BCUT2D eigenvalue weighted by Crippen LogP contribution is -2.10. The van der Waals surface area contributed by atoms with Crippen LogP contribution in [-0.4, -0.2) is 12.2 Å². The Hall–Kier alpha value is -2.42. The summed E-state index contributed by atoms with van der Waals surface area (Å²) in [5.41, 5.74) is 7.98. The normalized spacial score (nSPS) is 9.88. The zero-order chi connectivity index (χ0) is 12.3. The van der Waals surface area contributed by atoms with E-state index in [4.69, 9.17) is 5.73 Å². The molecule has 0 saturated heterocycles. The van der Waals surface area contributed by atoms with Gasteiger partial charge in [0, 0.05) is 11.1 Å². The van der Waals surface area contributed by atoms with E-state index >= 15 is 0 Å². The number of amides is 1. The van der Waals surface area contributed by atoms with Crippen molar-refractivity contribution in [2.75, 3.05) is 0 Å². The molecule has 84 valence electrons. The SMILES string of the molecule is NC(=O)c1ccc(-c2ccccc2C=O)cc1. The standard InChI is InChI=1S/C14H11NO2/c15-14(17)11-7-5-10(6-8-11)13-4-2-1-3-12(13)9-16/h1-9H,(H2,15,17). The predicted octanol–water partition coefficient (Wildman–Crippen LogP) is 2.27. The van der Waals surface area contributed by atoms with Crippen LogP contribution < -0.4 is 5.73 Å². The van der Waals surface area contributed by atoms with Gasteiger partial charge < -0.3 is 5.73 Å². The van der Waals surface area contributed by atoms with E-state index in [0.717, 1.165) is 17.4 Å². The summed E-state index contributed by atoms with van der Waals surface area (Å²) in [7, 11) is 0. The highest BCUT2D eigenvalue weighted by molar-refractivity contribution is 5.94. The maximum absolute atomic E-state index is 10.9. The fraction of sp³-hybridized carbons (Fsp3) is 0. The highest BCUT2D eigenvalue weighted by atomic mass is 16.1. The van der Waals surface area contributed by atoms with Crippen molar-refractivity contribution in [1.82, 2.24) is 0 Å². The molecule has 2 rings (SSSR count). The maximum atomic E-state index is 10.9. The summed E-state index contributed by atoms with van der Waals surface area (Å²) in [5.74, 6) is -0.458. The van der Waals surface area contributed by atoms with Crippen LogP contribution in [-0.2, 0) is 0 Å². The summed E-state index contributed by atoms with van der Waals surface area (Å²) in [6.07, 6.45) is 0.817. The van der Waals surface area contributed by atoms with Crippen LogP contribution in [0.5, 0.6) is 0 Å². The van der Waals surface area contributed by atoms with Crippen LogP contribution in [0.2, 0.25) is 0 Å². The molecule has 0 aliphatic heterocycles. The van der Waals surface area contributed by atoms with Crippen LogP contribution in [0, 0.1) is 0 Å². The molecule has 0 aliphatic carbocycles. The van der Waals surface area contributed by atoms with E-state index in [9.17, 15) is 9.59 Å². The molecule has 1 amide bonds. The molecule has 3 heteroatoms. The number of aldehydes is 1. The topological polar surface area (TPSA) is 60.2 Å². The first-order valence-electron chi connectivity index (χ1n) is 5.17. The summed E-state index contributed by atoms with van der Waals surface area (Å²) in [6, 6.07) is 14.2. The molecule has 0 atom stereocenters.